The quantitative estimate of drug-likeness (QED) is 0.299. The molecule has 4 aromatic rings. The number of rotatable bonds is 7. The van der Waals surface area contributed by atoms with Crippen molar-refractivity contribution in [2.75, 3.05) is 11.3 Å². The lowest BCUT2D eigenvalue weighted by Crippen LogP contribution is -2.26. The number of halogens is 2. The van der Waals surface area contributed by atoms with Crippen LogP contribution in [0.1, 0.15) is 15.9 Å². The minimum Gasteiger partial charge on any atom is -0.358 e. The number of anilines is 1. The van der Waals surface area contributed by atoms with Crippen molar-refractivity contribution in [1.82, 2.24) is 10.3 Å². The number of fused-ring (bicyclic) bond motifs is 1. The summed E-state index contributed by atoms with van der Waals surface area (Å²) in [5.74, 6) is -0.336. The van der Waals surface area contributed by atoms with E-state index < -0.39 is 10.0 Å². The predicted octanol–water partition coefficient (Wildman–Crippen LogP) is 5.36. The van der Waals surface area contributed by atoms with E-state index in [2.05, 4.69) is 31.0 Å². The Bertz CT molecular complexity index is 1390. The van der Waals surface area contributed by atoms with Gasteiger partial charge in [0.2, 0.25) is 0 Å². The van der Waals surface area contributed by atoms with Gasteiger partial charge in [0.15, 0.2) is 0 Å². The molecule has 0 saturated carbocycles. The smallest absolute Gasteiger partial charge is 0.261 e. The van der Waals surface area contributed by atoms with Crippen LogP contribution in [0.25, 0.3) is 10.9 Å². The molecule has 32 heavy (non-hydrogen) atoms. The molecule has 6 nitrogen and oxygen atoms in total. The molecular formula is C23H19BrClN3O3S. The van der Waals surface area contributed by atoms with Crippen LogP contribution in [0, 0.1) is 0 Å². The van der Waals surface area contributed by atoms with E-state index in [1.165, 1.54) is 12.1 Å². The summed E-state index contributed by atoms with van der Waals surface area (Å²) < 4.78 is 29.5. The Morgan fingerprint density at radius 3 is 2.56 bits per heavy atom. The first-order valence-corrected chi connectivity index (χ1v) is 12.4. The summed E-state index contributed by atoms with van der Waals surface area (Å²) in [6.45, 7) is 0.436. The van der Waals surface area contributed by atoms with Crippen molar-refractivity contribution in [2.45, 2.75) is 11.3 Å². The van der Waals surface area contributed by atoms with Gasteiger partial charge in [0.05, 0.1) is 21.1 Å². The van der Waals surface area contributed by atoms with Gasteiger partial charge < -0.3 is 10.3 Å². The fraction of sp³-hybridized carbons (Fsp3) is 0.0870. The molecule has 0 spiro atoms. The number of amides is 1. The molecule has 0 bridgehead atoms. The van der Waals surface area contributed by atoms with E-state index in [0.717, 1.165) is 10.0 Å². The number of aromatic nitrogens is 1. The molecule has 164 valence electrons. The third-order valence-electron chi connectivity index (χ3n) is 4.93. The van der Waals surface area contributed by atoms with Crippen LogP contribution in [0.3, 0.4) is 0 Å². The number of H-pyrrole nitrogens is 1. The third kappa shape index (κ3) is 4.98. The molecular weight excluding hydrogens is 514 g/mol. The van der Waals surface area contributed by atoms with Gasteiger partial charge in [0, 0.05) is 28.2 Å². The second-order valence-electron chi connectivity index (χ2n) is 7.13. The number of para-hydroxylation sites is 1. The van der Waals surface area contributed by atoms with E-state index in [1.54, 1.807) is 36.5 Å². The van der Waals surface area contributed by atoms with E-state index in [0.29, 0.717) is 34.6 Å². The Morgan fingerprint density at radius 1 is 1.03 bits per heavy atom. The standard InChI is InChI=1S/C23H19BrClN3O3S/c24-17-9-7-15(8-10-17)11-12-26-23(29)16-3-1-4-18(13-16)32(30,31)28-21-6-2-5-19-20(25)14-27-22(19)21/h1-10,13-14,27-28H,11-12H2,(H,26,29). The lowest BCUT2D eigenvalue weighted by molar-refractivity contribution is 0.0954. The lowest BCUT2D eigenvalue weighted by Gasteiger charge is -2.11. The molecule has 0 unspecified atom stereocenters. The van der Waals surface area contributed by atoms with Crippen molar-refractivity contribution in [3.63, 3.8) is 0 Å². The maximum absolute atomic E-state index is 13.0. The minimum absolute atomic E-state index is 0.00674. The van der Waals surface area contributed by atoms with Crippen molar-refractivity contribution in [2.24, 2.45) is 0 Å². The summed E-state index contributed by atoms with van der Waals surface area (Å²) in [5, 5.41) is 4.05. The van der Waals surface area contributed by atoms with Crippen molar-refractivity contribution in [3.05, 3.63) is 93.5 Å². The number of aromatic amines is 1. The minimum atomic E-state index is -3.92. The van der Waals surface area contributed by atoms with Gasteiger partial charge >= 0.3 is 0 Å². The molecule has 9 heteroatoms. The Kier molecular flexibility index (Phi) is 6.55. The summed E-state index contributed by atoms with van der Waals surface area (Å²) in [5.41, 5.74) is 2.32. The highest BCUT2D eigenvalue weighted by atomic mass is 79.9. The van der Waals surface area contributed by atoms with Crippen LogP contribution >= 0.6 is 27.5 Å². The van der Waals surface area contributed by atoms with Gasteiger partial charge in [-0.1, -0.05) is 57.9 Å². The number of carbonyl (C=O) groups is 1. The van der Waals surface area contributed by atoms with Gasteiger partial charge in [-0.3, -0.25) is 9.52 Å². The second-order valence-corrected chi connectivity index (χ2v) is 10.1. The molecule has 4 rings (SSSR count). The average Bonchev–Trinajstić information content (AvgIpc) is 3.17. The fourth-order valence-electron chi connectivity index (χ4n) is 3.29. The Labute approximate surface area is 199 Å². The molecule has 1 aromatic heterocycles. The van der Waals surface area contributed by atoms with Crippen molar-refractivity contribution in [3.8, 4) is 0 Å². The number of sulfonamides is 1. The van der Waals surface area contributed by atoms with Crippen LogP contribution in [-0.2, 0) is 16.4 Å². The first kappa shape index (κ1) is 22.4. The summed E-state index contributed by atoms with van der Waals surface area (Å²) in [7, 11) is -3.92. The number of benzene rings is 3. The Balaban J connectivity index is 1.47. The highest BCUT2D eigenvalue weighted by Gasteiger charge is 2.18. The Morgan fingerprint density at radius 2 is 1.78 bits per heavy atom. The number of nitrogens with one attached hydrogen (secondary N) is 3. The predicted molar refractivity (Wildman–Crippen MR) is 131 cm³/mol. The SMILES string of the molecule is O=C(NCCc1ccc(Br)cc1)c1cccc(S(=O)(=O)Nc2cccc3c(Cl)c[nH]c23)c1. The maximum atomic E-state index is 13.0. The van der Waals surface area contributed by atoms with Crippen LogP contribution in [0.4, 0.5) is 5.69 Å². The molecule has 0 atom stereocenters. The van der Waals surface area contributed by atoms with Crippen LogP contribution in [0.5, 0.6) is 0 Å². The summed E-state index contributed by atoms with van der Waals surface area (Å²) in [6.07, 6.45) is 2.27. The molecule has 3 aromatic carbocycles. The van der Waals surface area contributed by atoms with E-state index in [9.17, 15) is 13.2 Å². The van der Waals surface area contributed by atoms with Crippen molar-refractivity contribution in [1.29, 1.82) is 0 Å². The van der Waals surface area contributed by atoms with Gasteiger partial charge in [-0.05, 0) is 48.4 Å². The zero-order chi connectivity index (χ0) is 22.7. The topological polar surface area (TPSA) is 91.1 Å². The highest BCUT2D eigenvalue weighted by molar-refractivity contribution is 9.10. The summed E-state index contributed by atoms with van der Waals surface area (Å²) >= 11 is 9.51. The molecule has 1 heterocycles. The molecule has 1 amide bonds. The monoisotopic (exact) mass is 531 g/mol. The lowest BCUT2D eigenvalue weighted by atomic mass is 10.1. The largest absolute Gasteiger partial charge is 0.358 e. The zero-order valence-electron chi connectivity index (χ0n) is 16.7. The molecule has 3 N–H and O–H groups in total. The Hall–Kier alpha value is -2.81. The highest BCUT2D eigenvalue weighted by Crippen LogP contribution is 2.30. The van der Waals surface area contributed by atoms with Gasteiger partial charge in [-0.2, -0.15) is 0 Å². The third-order valence-corrected chi connectivity index (χ3v) is 7.13. The van der Waals surface area contributed by atoms with Crippen molar-refractivity contribution >= 4 is 60.1 Å². The molecule has 0 aliphatic carbocycles. The molecule has 0 saturated heterocycles. The molecule has 0 aliphatic heterocycles. The number of hydrogen-bond donors (Lipinski definition) is 3. The molecule has 0 fully saturated rings. The first-order valence-electron chi connectivity index (χ1n) is 9.74. The summed E-state index contributed by atoms with van der Waals surface area (Å²) in [4.78, 5) is 15.5. The van der Waals surface area contributed by atoms with E-state index in [1.807, 2.05) is 24.3 Å². The van der Waals surface area contributed by atoms with E-state index >= 15 is 0 Å². The first-order chi connectivity index (χ1) is 15.3. The molecule has 0 radical (unpaired) electrons. The normalized spacial score (nSPS) is 11.4. The zero-order valence-corrected chi connectivity index (χ0v) is 19.9. The van der Waals surface area contributed by atoms with Gasteiger partial charge in [0.25, 0.3) is 15.9 Å². The van der Waals surface area contributed by atoms with Crippen LogP contribution in [-0.4, -0.2) is 25.9 Å². The fourth-order valence-corrected chi connectivity index (χ4v) is 4.88. The van der Waals surface area contributed by atoms with E-state index in [4.69, 9.17) is 11.6 Å². The van der Waals surface area contributed by atoms with Crippen molar-refractivity contribution < 1.29 is 13.2 Å². The summed E-state index contributed by atoms with van der Waals surface area (Å²) in [6, 6.07) is 18.9. The van der Waals surface area contributed by atoms with E-state index in [-0.39, 0.29) is 16.4 Å². The van der Waals surface area contributed by atoms with Crippen LogP contribution in [0.15, 0.2) is 82.3 Å². The maximum Gasteiger partial charge on any atom is 0.261 e. The average molecular weight is 533 g/mol. The molecule has 0 aliphatic rings. The number of hydrogen-bond acceptors (Lipinski definition) is 3. The van der Waals surface area contributed by atoms with Gasteiger partial charge in [0.1, 0.15) is 0 Å². The number of carbonyl (C=O) groups excluding carboxylic acids is 1. The van der Waals surface area contributed by atoms with Gasteiger partial charge in [-0.15, -0.1) is 0 Å². The van der Waals surface area contributed by atoms with Crippen LogP contribution in [0.2, 0.25) is 5.02 Å². The second kappa shape index (κ2) is 9.36. The van der Waals surface area contributed by atoms with Gasteiger partial charge in [-0.25, -0.2) is 8.42 Å². The van der Waals surface area contributed by atoms with Crippen LogP contribution < -0.4 is 10.0 Å².